The number of amides is 2. The highest BCUT2D eigenvalue weighted by Crippen LogP contribution is 2.23. The van der Waals surface area contributed by atoms with Crippen LogP contribution in [0.5, 0.6) is 0 Å². The number of nitrogens with zero attached hydrogens (tertiary/aromatic N) is 1. The van der Waals surface area contributed by atoms with E-state index in [-0.39, 0.29) is 11.6 Å². The minimum atomic E-state index is -0.763. The Balaban J connectivity index is 1.77. The lowest BCUT2D eigenvalue weighted by atomic mass is 10.0. The fraction of sp³-hybridized carbons (Fsp3) is 0.294. The Morgan fingerprint density at radius 1 is 1.17 bits per heavy atom. The van der Waals surface area contributed by atoms with Crippen molar-refractivity contribution in [3.8, 4) is 0 Å². The topological polar surface area (TPSA) is 49.4 Å². The molecule has 0 spiro atoms. The van der Waals surface area contributed by atoms with Gasteiger partial charge in [0.05, 0.1) is 4.88 Å². The standard InChI is InChI=1S/C17H16F2N2O2S/c18-11-8-12(19)10-13(9-11)20-16(22)14-4-1-2-6-21(14)17(23)15-5-3-7-24-15/h3,5,7-10,14H,1-2,4,6H2,(H,20,22)/t14-/m0/s1. The van der Waals surface area contributed by atoms with Crippen molar-refractivity contribution in [3.63, 3.8) is 0 Å². The predicted octanol–water partition coefficient (Wildman–Crippen LogP) is 3.66. The maximum absolute atomic E-state index is 13.3. The molecule has 1 saturated heterocycles. The molecule has 1 aliphatic rings. The van der Waals surface area contributed by atoms with Gasteiger partial charge in [-0.05, 0) is 42.8 Å². The average molecular weight is 350 g/mol. The maximum Gasteiger partial charge on any atom is 0.264 e. The van der Waals surface area contributed by atoms with Crippen molar-refractivity contribution in [3.05, 3.63) is 52.2 Å². The molecule has 1 fully saturated rings. The number of benzene rings is 1. The van der Waals surface area contributed by atoms with Gasteiger partial charge in [-0.1, -0.05) is 6.07 Å². The van der Waals surface area contributed by atoms with Crippen LogP contribution in [-0.2, 0) is 4.79 Å². The maximum atomic E-state index is 13.3. The lowest BCUT2D eigenvalue weighted by Crippen LogP contribution is -2.49. The second-order valence-electron chi connectivity index (χ2n) is 5.63. The summed E-state index contributed by atoms with van der Waals surface area (Å²) in [4.78, 5) is 27.2. The zero-order valence-electron chi connectivity index (χ0n) is 12.8. The van der Waals surface area contributed by atoms with Crippen LogP contribution in [0.3, 0.4) is 0 Å². The number of rotatable bonds is 3. The fourth-order valence-electron chi connectivity index (χ4n) is 2.84. The van der Waals surface area contributed by atoms with Crippen molar-refractivity contribution in [1.29, 1.82) is 0 Å². The summed E-state index contributed by atoms with van der Waals surface area (Å²) >= 11 is 1.32. The molecule has 126 valence electrons. The lowest BCUT2D eigenvalue weighted by molar-refractivity contribution is -0.121. The molecule has 1 aromatic heterocycles. The summed E-state index contributed by atoms with van der Waals surface area (Å²) in [6, 6.07) is 5.71. The van der Waals surface area contributed by atoms with Crippen molar-refractivity contribution in [2.45, 2.75) is 25.3 Å². The predicted molar refractivity (Wildman–Crippen MR) is 88.0 cm³/mol. The van der Waals surface area contributed by atoms with E-state index in [2.05, 4.69) is 5.32 Å². The van der Waals surface area contributed by atoms with Crippen molar-refractivity contribution >= 4 is 28.8 Å². The molecule has 24 heavy (non-hydrogen) atoms. The number of halogens is 2. The highest BCUT2D eigenvalue weighted by atomic mass is 32.1. The van der Waals surface area contributed by atoms with E-state index in [9.17, 15) is 18.4 Å². The third-order valence-corrected chi connectivity index (χ3v) is 4.79. The Kier molecular flexibility index (Phi) is 4.89. The van der Waals surface area contributed by atoms with Crippen molar-refractivity contribution in [1.82, 2.24) is 4.90 Å². The summed E-state index contributed by atoms with van der Waals surface area (Å²) in [6.07, 6.45) is 2.18. The van der Waals surface area contributed by atoms with Gasteiger partial charge in [-0.2, -0.15) is 0 Å². The number of carbonyl (C=O) groups excluding carboxylic acids is 2. The minimum Gasteiger partial charge on any atom is -0.326 e. The molecule has 1 aliphatic heterocycles. The molecular weight excluding hydrogens is 334 g/mol. The molecule has 1 aromatic carbocycles. The molecule has 1 atom stereocenters. The zero-order valence-corrected chi connectivity index (χ0v) is 13.6. The van der Waals surface area contributed by atoms with Crippen LogP contribution in [0.25, 0.3) is 0 Å². The number of hydrogen-bond donors (Lipinski definition) is 1. The molecule has 0 bridgehead atoms. The van der Waals surface area contributed by atoms with Crippen LogP contribution in [0.1, 0.15) is 28.9 Å². The first-order chi connectivity index (χ1) is 11.5. The van der Waals surface area contributed by atoms with Gasteiger partial charge in [-0.15, -0.1) is 11.3 Å². The number of carbonyl (C=O) groups is 2. The second kappa shape index (κ2) is 7.09. The van der Waals surface area contributed by atoms with Gasteiger partial charge < -0.3 is 10.2 Å². The van der Waals surface area contributed by atoms with Gasteiger partial charge in [0.1, 0.15) is 17.7 Å². The molecule has 0 radical (unpaired) electrons. The molecule has 7 heteroatoms. The molecule has 2 heterocycles. The van der Waals surface area contributed by atoms with Gasteiger partial charge in [-0.3, -0.25) is 9.59 Å². The molecular formula is C17H16F2N2O2S. The van der Waals surface area contributed by atoms with Crippen LogP contribution in [-0.4, -0.2) is 29.3 Å². The Morgan fingerprint density at radius 2 is 1.92 bits per heavy atom. The molecule has 2 aromatic rings. The number of nitrogens with one attached hydrogen (secondary N) is 1. The van der Waals surface area contributed by atoms with E-state index in [1.165, 1.54) is 11.3 Å². The first-order valence-electron chi connectivity index (χ1n) is 7.66. The van der Waals surface area contributed by atoms with E-state index in [1.54, 1.807) is 17.0 Å². The van der Waals surface area contributed by atoms with Gasteiger partial charge in [0, 0.05) is 18.3 Å². The third kappa shape index (κ3) is 3.62. The van der Waals surface area contributed by atoms with Crippen LogP contribution >= 0.6 is 11.3 Å². The lowest BCUT2D eigenvalue weighted by Gasteiger charge is -2.34. The molecule has 1 N–H and O–H groups in total. The van der Waals surface area contributed by atoms with E-state index in [0.29, 0.717) is 17.8 Å². The summed E-state index contributed by atoms with van der Waals surface area (Å²) in [5.74, 6) is -2.14. The molecule has 2 amide bonds. The van der Waals surface area contributed by atoms with Gasteiger partial charge in [0.15, 0.2) is 0 Å². The zero-order chi connectivity index (χ0) is 17.1. The largest absolute Gasteiger partial charge is 0.326 e. The van der Waals surface area contributed by atoms with Gasteiger partial charge >= 0.3 is 0 Å². The monoisotopic (exact) mass is 350 g/mol. The molecule has 0 unspecified atom stereocenters. The summed E-state index contributed by atoms with van der Waals surface area (Å²) in [6.45, 7) is 0.492. The summed E-state index contributed by atoms with van der Waals surface area (Å²) in [7, 11) is 0. The Labute approximate surface area is 142 Å². The van der Waals surface area contributed by atoms with Crippen LogP contribution in [0, 0.1) is 11.6 Å². The van der Waals surface area contributed by atoms with Crippen LogP contribution in [0.2, 0.25) is 0 Å². The number of likely N-dealkylation sites (tertiary alicyclic amines) is 1. The smallest absolute Gasteiger partial charge is 0.264 e. The highest BCUT2D eigenvalue weighted by molar-refractivity contribution is 7.12. The Hall–Kier alpha value is -2.28. The summed E-state index contributed by atoms with van der Waals surface area (Å²) in [5, 5.41) is 4.32. The number of hydrogen-bond acceptors (Lipinski definition) is 3. The van der Waals surface area contributed by atoms with E-state index < -0.39 is 23.6 Å². The molecule has 3 rings (SSSR count). The van der Waals surface area contributed by atoms with Crippen LogP contribution < -0.4 is 5.32 Å². The number of thiophene rings is 1. The van der Waals surface area contributed by atoms with E-state index >= 15 is 0 Å². The first-order valence-corrected chi connectivity index (χ1v) is 8.54. The molecule has 0 saturated carbocycles. The number of anilines is 1. The fourth-order valence-corrected chi connectivity index (χ4v) is 3.52. The number of piperidine rings is 1. The average Bonchev–Trinajstić information content (AvgIpc) is 3.07. The van der Waals surface area contributed by atoms with Crippen LogP contribution in [0.15, 0.2) is 35.7 Å². The van der Waals surface area contributed by atoms with Gasteiger partial charge in [-0.25, -0.2) is 8.78 Å². The molecule has 4 nitrogen and oxygen atoms in total. The normalized spacial score (nSPS) is 17.6. The SMILES string of the molecule is O=C(Nc1cc(F)cc(F)c1)[C@@H]1CCCCN1C(=O)c1cccs1. The summed E-state index contributed by atoms with van der Waals surface area (Å²) < 4.78 is 26.5. The van der Waals surface area contributed by atoms with Gasteiger partial charge in [0.25, 0.3) is 5.91 Å². The van der Waals surface area contributed by atoms with Gasteiger partial charge in [0.2, 0.25) is 5.91 Å². The Bertz CT molecular complexity index is 729. The first kappa shape index (κ1) is 16.6. The van der Waals surface area contributed by atoms with Crippen molar-refractivity contribution in [2.24, 2.45) is 0 Å². The highest BCUT2D eigenvalue weighted by Gasteiger charge is 2.33. The quantitative estimate of drug-likeness (QED) is 0.918. The second-order valence-corrected chi connectivity index (χ2v) is 6.58. The van der Waals surface area contributed by atoms with E-state index in [1.807, 2.05) is 5.38 Å². The minimum absolute atomic E-state index is 0.0478. The van der Waals surface area contributed by atoms with E-state index in [0.717, 1.165) is 31.0 Å². The van der Waals surface area contributed by atoms with Crippen molar-refractivity contribution < 1.29 is 18.4 Å². The Morgan fingerprint density at radius 3 is 2.58 bits per heavy atom. The van der Waals surface area contributed by atoms with Crippen molar-refractivity contribution in [2.75, 3.05) is 11.9 Å². The molecule has 0 aliphatic carbocycles. The summed E-state index contributed by atoms with van der Waals surface area (Å²) in [5.41, 5.74) is 0.0478. The van der Waals surface area contributed by atoms with Crippen LogP contribution in [0.4, 0.5) is 14.5 Å². The van der Waals surface area contributed by atoms with E-state index in [4.69, 9.17) is 0 Å². The third-order valence-electron chi connectivity index (χ3n) is 3.93.